The van der Waals surface area contributed by atoms with Crippen molar-refractivity contribution >= 4 is 29.0 Å². The van der Waals surface area contributed by atoms with Gasteiger partial charge in [0.15, 0.2) is 5.78 Å². The van der Waals surface area contributed by atoms with Crippen LogP contribution in [0.4, 0.5) is 0 Å². The zero-order valence-corrected chi connectivity index (χ0v) is 7.69. The van der Waals surface area contributed by atoms with E-state index in [0.29, 0.717) is 15.6 Å². The number of benzene rings is 1. The Morgan fingerprint density at radius 2 is 2.00 bits per heavy atom. The predicted molar refractivity (Wildman–Crippen MR) is 51.0 cm³/mol. The molecular weight excluding hydrogens is 195 g/mol. The summed E-state index contributed by atoms with van der Waals surface area (Å²) >= 11 is 11.4. The average Bonchev–Trinajstić information content (AvgIpc) is 2.08. The highest BCUT2D eigenvalue weighted by Crippen LogP contribution is 2.22. The maximum Gasteiger partial charge on any atom is 0.185 e. The molecule has 1 rings (SSSR count). The lowest BCUT2D eigenvalue weighted by Crippen LogP contribution is -1.92. The lowest BCUT2D eigenvalue weighted by Gasteiger charge is -1.97. The van der Waals surface area contributed by atoms with Crippen molar-refractivity contribution in [3.8, 4) is 0 Å². The van der Waals surface area contributed by atoms with Crippen LogP contribution < -0.4 is 0 Å². The van der Waals surface area contributed by atoms with E-state index in [1.54, 1.807) is 12.1 Å². The van der Waals surface area contributed by atoms with Gasteiger partial charge < -0.3 is 0 Å². The molecule has 3 heteroatoms. The highest BCUT2D eigenvalue weighted by molar-refractivity contribution is 6.42. The summed E-state index contributed by atoms with van der Waals surface area (Å²) in [6, 6.07) is 4.72. The first-order valence-corrected chi connectivity index (χ1v) is 4.02. The molecular formula is C9H6Cl2O. The fraction of sp³-hybridized carbons (Fsp3) is 0. The van der Waals surface area contributed by atoms with Crippen molar-refractivity contribution in [3.63, 3.8) is 0 Å². The zero-order valence-electron chi connectivity index (χ0n) is 6.18. The second-order valence-electron chi connectivity index (χ2n) is 2.20. The number of carbonyl (C=O) groups excluding carboxylic acids is 1. The number of allylic oxidation sites excluding steroid dienone is 1. The van der Waals surface area contributed by atoms with E-state index < -0.39 is 0 Å². The van der Waals surface area contributed by atoms with E-state index in [1.807, 2.05) is 0 Å². The third kappa shape index (κ3) is 1.87. The lowest BCUT2D eigenvalue weighted by molar-refractivity contribution is 0.104. The first-order chi connectivity index (χ1) is 5.65. The summed E-state index contributed by atoms with van der Waals surface area (Å²) < 4.78 is 0. The SMILES string of the molecule is C=CC(=O)c1ccc(Cl)c(Cl)c1. The Morgan fingerprint density at radius 3 is 2.50 bits per heavy atom. The van der Waals surface area contributed by atoms with Crippen molar-refractivity contribution in [1.29, 1.82) is 0 Å². The van der Waals surface area contributed by atoms with Gasteiger partial charge in [-0.2, -0.15) is 0 Å². The van der Waals surface area contributed by atoms with Crippen LogP contribution in [0.3, 0.4) is 0 Å². The maximum absolute atomic E-state index is 11.1. The molecule has 0 heterocycles. The van der Waals surface area contributed by atoms with Crippen LogP contribution >= 0.6 is 23.2 Å². The van der Waals surface area contributed by atoms with Crippen LogP contribution in [-0.2, 0) is 0 Å². The van der Waals surface area contributed by atoms with Crippen LogP contribution in [0.1, 0.15) is 10.4 Å². The van der Waals surface area contributed by atoms with Gasteiger partial charge in [-0.25, -0.2) is 0 Å². The number of rotatable bonds is 2. The van der Waals surface area contributed by atoms with Gasteiger partial charge in [0, 0.05) is 5.56 Å². The van der Waals surface area contributed by atoms with Gasteiger partial charge in [-0.3, -0.25) is 4.79 Å². The Hall–Kier alpha value is -0.790. The smallest absolute Gasteiger partial charge is 0.185 e. The van der Waals surface area contributed by atoms with Crippen molar-refractivity contribution < 1.29 is 4.79 Å². The van der Waals surface area contributed by atoms with Crippen LogP contribution in [0.5, 0.6) is 0 Å². The van der Waals surface area contributed by atoms with E-state index >= 15 is 0 Å². The van der Waals surface area contributed by atoms with Crippen LogP contribution in [-0.4, -0.2) is 5.78 Å². The van der Waals surface area contributed by atoms with E-state index in [9.17, 15) is 4.79 Å². The molecule has 0 unspecified atom stereocenters. The van der Waals surface area contributed by atoms with Gasteiger partial charge in [-0.1, -0.05) is 29.8 Å². The Kier molecular flexibility index (Phi) is 2.90. The van der Waals surface area contributed by atoms with E-state index in [2.05, 4.69) is 6.58 Å². The molecule has 0 radical (unpaired) electrons. The standard InChI is InChI=1S/C9H6Cl2O/c1-2-9(12)6-3-4-7(10)8(11)5-6/h2-5H,1H2. The molecule has 0 aromatic heterocycles. The number of halogens is 2. The molecule has 0 aliphatic heterocycles. The van der Waals surface area contributed by atoms with Crippen LogP contribution in [0.25, 0.3) is 0 Å². The van der Waals surface area contributed by atoms with Crippen molar-refractivity contribution in [2.45, 2.75) is 0 Å². The minimum absolute atomic E-state index is 0.159. The first-order valence-electron chi connectivity index (χ1n) is 3.27. The van der Waals surface area contributed by atoms with E-state index in [1.165, 1.54) is 12.1 Å². The third-order valence-electron chi connectivity index (χ3n) is 1.39. The summed E-state index contributed by atoms with van der Waals surface area (Å²) in [5.74, 6) is -0.159. The first kappa shape index (κ1) is 9.30. The Balaban J connectivity index is 3.13. The summed E-state index contributed by atoms with van der Waals surface area (Å²) in [5, 5.41) is 0.821. The third-order valence-corrected chi connectivity index (χ3v) is 2.13. The number of ketones is 1. The summed E-state index contributed by atoms with van der Waals surface area (Å²) in [6.07, 6.45) is 1.24. The summed E-state index contributed by atoms with van der Waals surface area (Å²) in [6.45, 7) is 3.36. The Morgan fingerprint density at radius 1 is 1.33 bits per heavy atom. The minimum atomic E-state index is -0.159. The monoisotopic (exact) mass is 200 g/mol. The largest absolute Gasteiger partial charge is 0.289 e. The van der Waals surface area contributed by atoms with E-state index in [0.717, 1.165) is 0 Å². The zero-order chi connectivity index (χ0) is 9.14. The van der Waals surface area contributed by atoms with Gasteiger partial charge >= 0.3 is 0 Å². The molecule has 0 aliphatic carbocycles. The van der Waals surface area contributed by atoms with Gasteiger partial charge in [0.2, 0.25) is 0 Å². The number of carbonyl (C=O) groups is 1. The van der Waals surface area contributed by atoms with E-state index in [-0.39, 0.29) is 5.78 Å². The van der Waals surface area contributed by atoms with Crippen molar-refractivity contribution in [2.75, 3.05) is 0 Å². The molecule has 12 heavy (non-hydrogen) atoms. The summed E-state index contributed by atoms with van der Waals surface area (Å²) in [7, 11) is 0. The van der Waals surface area contributed by atoms with Crippen LogP contribution in [0, 0.1) is 0 Å². The summed E-state index contributed by atoms with van der Waals surface area (Å²) in [4.78, 5) is 11.1. The number of hydrogen-bond donors (Lipinski definition) is 0. The second kappa shape index (κ2) is 3.74. The van der Waals surface area contributed by atoms with Gasteiger partial charge in [-0.15, -0.1) is 0 Å². The molecule has 0 saturated carbocycles. The molecule has 0 N–H and O–H groups in total. The molecule has 1 aromatic carbocycles. The molecule has 0 aliphatic rings. The van der Waals surface area contributed by atoms with Crippen LogP contribution in [0.15, 0.2) is 30.9 Å². The molecule has 62 valence electrons. The van der Waals surface area contributed by atoms with Crippen molar-refractivity contribution in [2.24, 2.45) is 0 Å². The minimum Gasteiger partial charge on any atom is -0.289 e. The quantitative estimate of drug-likeness (QED) is 0.529. The normalized spacial score (nSPS) is 9.50. The highest BCUT2D eigenvalue weighted by Gasteiger charge is 2.03. The van der Waals surface area contributed by atoms with Gasteiger partial charge in [-0.05, 0) is 24.3 Å². The Bertz CT molecular complexity index is 331. The van der Waals surface area contributed by atoms with E-state index in [4.69, 9.17) is 23.2 Å². The average molecular weight is 201 g/mol. The fourth-order valence-corrected chi connectivity index (χ4v) is 1.07. The maximum atomic E-state index is 11.1. The molecule has 0 fully saturated rings. The molecule has 0 atom stereocenters. The fourth-order valence-electron chi connectivity index (χ4n) is 0.767. The topological polar surface area (TPSA) is 17.1 Å². The van der Waals surface area contributed by atoms with Gasteiger partial charge in [0.1, 0.15) is 0 Å². The highest BCUT2D eigenvalue weighted by atomic mass is 35.5. The lowest BCUT2D eigenvalue weighted by atomic mass is 10.1. The Labute approximate surface area is 80.6 Å². The molecule has 1 aromatic rings. The number of hydrogen-bond acceptors (Lipinski definition) is 1. The van der Waals surface area contributed by atoms with Gasteiger partial charge in [0.05, 0.1) is 10.0 Å². The second-order valence-corrected chi connectivity index (χ2v) is 3.01. The molecule has 0 saturated heterocycles. The van der Waals surface area contributed by atoms with Crippen molar-refractivity contribution in [3.05, 3.63) is 46.5 Å². The van der Waals surface area contributed by atoms with Crippen LogP contribution in [0.2, 0.25) is 10.0 Å². The molecule has 0 spiro atoms. The molecule has 0 bridgehead atoms. The van der Waals surface area contributed by atoms with Gasteiger partial charge in [0.25, 0.3) is 0 Å². The molecule has 1 nitrogen and oxygen atoms in total. The van der Waals surface area contributed by atoms with Crippen molar-refractivity contribution in [1.82, 2.24) is 0 Å². The predicted octanol–water partition coefficient (Wildman–Crippen LogP) is 3.36. The summed E-state index contributed by atoms with van der Waals surface area (Å²) in [5.41, 5.74) is 0.499. The molecule has 0 amide bonds.